The predicted molar refractivity (Wildman–Crippen MR) is 75.6 cm³/mol. The lowest BCUT2D eigenvalue weighted by molar-refractivity contribution is -0.141. The first-order chi connectivity index (χ1) is 9.47. The summed E-state index contributed by atoms with van der Waals surface area (Å²) in [5.41, 5.74) is 0. The van der Waals surface area contributed by atoms with Crippen LogP contribution in [0.4, 0.5) is 4.79 Å². The summed E-state index contributed by atoms with van der Waals surface area (Å²) in [4.78, 5) is 27.0. The van der Waals surface area contributed by atoms with Gasteiger partial charge in [-0.25, -0.2) is 4.79 Å². The van der Waals surface area contributed by atoms with Crippen molar-refractivity contribution in [2.75, 3.05) is 27.2 Å². The Labute approximate surface area is 120 Å². The second-order valence-corrected chi connectivity index (χ2v) is 6.15. The molecule has 3 atom stereocenters. The van der Waals surface area contributed by atoms with Crippen LogP contribution >= 0.6 is 0 Å². The zero-order chi connectivity index (χ0) is 14.7. The van der Waals surface area contributed by atoms with Gasteiger partial charge in [0, 0.05) is 25.7 Å². The second-order valence-electron chi connectivity index (χ2n) is 6.15. The summed E-state index contributed by atoms with van der Waals surface area (Å²) >= 11 is 0. The van der Waals surface area contributed by atoms with Crippen molar-refractivity contribution < 1.29 is 14.7 Å². The highest BCUT2D eigenvalue weighted by molar-refractivity contribution is 5.75. The van der Waals surface area contributed by atoms with Crippen LogP contribution in [0.1, 0.15) is 32.1 Å². The monoisotopic (exact) mass is 283 g/mol. The average molecular weight is 283 g/mol. The van der Waals surface area contributed by atoms with Gasteiger partial charge < -0.3 is 20.2 Å². The van der Waals surface area contributed by atoms with Crippen LogP contribution in [0.25, 0.3) is 0 Å². The third kappa shape index (κ3) is 3.62. The summed E-state index contributed by atoms with van der Waals surface area (Å²) in [5.74, 6) is -1.05. The van der Waals surface area contributed by atoms with Gasteiger partial charge in [-0.05, 0) is 45.7 Å². The maximum atomic E-state index is 12.1. The molecule has 2 fully saturated rings. The number of rotatable bonds is 4. The summed E-state index contributed by atoms with van der Waals surface area (Å²) in [6.45, 7) is 1.83. The number of carboxylic acids is 1. The van der Waals surface area contributed by atoms with E-state index in [1.807, 2.05) is 7.05 Å². The van der Waals surface area contributed by atoms with Crippen LogP contribution in [0.3, 0.4) is 0 Å². The van der Waals surface area contributed by atoms with Crippen LogP contribution in [0.5, 0.6) is 0 Å². The summed E-state index contributed by atoms with van der Waals surface area (Å²) in [6, 6.07) is 0.370. The Hall–Kier alpha value is -1.30. The minimum absolute atomic E-state index is 0.00681. The Morgan fingerprint density at radius 2 is 2.10 bits per heavy atom. The van der Waals surface area contributed by atoms with Crippen molar-refractivity contribution in [3.05, 3.63) is 0 Å². The molecule has 0 aromatic rings. The van der Waals surface area contributed by atoms with Crippen LogP contribution in [0.15, 0.2) is 0 Å². The Balaban J connectivity index is 1.75. The smallest absolute Gasteiger partial charge is 0.317 e. The fraction of sp³-hybridized carbons (Fsp3) is 0.857. The van der Waals surface area contributed by atoms with E-state index in [1.165, 1.54) is 6.42 Å². The quantitative estimate of drug-likeness (QED) is 0.806. The molecule has 0 radical (unpaired) electrons. The molecule has 20 heavy (non-hydrogen) atoms. The molecule has 1 aliphatic heterocycles. The highest BCUT2D eigenvalue weighted by atomic mass is 16.4. The fourth-order valence-electron chi connectivity index (χ4n) is 3.23. The first kappa shape index (κ1) is 15.1. The summed E-state index contributed by atoms with van der Waals surface area (Å²) in [6.07, 6.45) is 4.31. The zero-order valence-corrected chi connectivity index (χ0v) is 12.3. The molecule has 2 aliphatic rings. The van der Waals surface area contributed by atoms with Gasteiger partial charge in [0.25, 0.3) is 0 Å². The van der Waals surface area contributed by atoms with Crippen LogP contribution in [0.2, 0.25) is 0 Å². The highest BCUT2D eigenvalue weighted by Crippen LogP contribution is 2.25. The minimum atomic E-state index is -0.748. The molecular weight excluding hydrogens is 258 g/mol. The Morgan fingerprint density at radius 3 is 2.65 bits per heavy atom. The molecule has 1 saturated carbocycles. The van der Waals surface area contributed by atoms with Crippen LogP contribution in [-0.2, 0) is 4.79 Å². The zero-order valence-electron chi connectivity index (χ0n) is 12.3. The number of nitrogens with one attached hydrogen (secondary N) is 1. The molecule has 2 N–H and O–H groups in total. The number of aliphatic carboxylic acids is 1. The number of hydrogen-bond acceptors (Lipinski definition) is 3. The first-order valence-corrected chi connectivity index (χ1v) is 7.42. The number of amides is 2. The molecule has 0 aromatic heterocycles. The maximum Gasteiger partial charge on any atom is 0.317 e. The van der Waals surface area contributed by atoms with E-state index in [2.05, 4.69) is 17.3 Å². The Morgan fingerprint density at radius 1 is 1.35 bits per heavy atom. The van der Waals surface area contributed by atoms with Gasteiger partial charge in [-0.3, -0.25) is 4.79 Å². The SMILES string of the molecule is CN(CC1CCCN1C)C(=O)NC1CCC(C(=O)O)C1. The highest BCUT2D eigenvalue weighted by Gasteiger charge is 2.31. The van der Waals surface area contributed by atoms with E-state index in [0.29, 0.717) is 18.9 Å². The lowest BCUT2D eigenvalue weighted by Gasteiger charge is -2.27. The number of hydrogen-bond donors (Lipinski definition) is 2. The number of likely N-dealkylation sites (tertiary alicyclic amines) is 1. The number of carbonyl (C=O) groups is 2. The van der Waals surface area contributed by atoms with Gasteiger partial charge in [0.15, 0.2) is 0 Å². The molecule has 2 amide bonds. The molecular formula is C14H25N3O3. The van der Waals surface area contributed by atoms with E-state index in [0.717, 1.165) is 25.9 Å². The van der Waals surface area contributed by atoms with E-state index in [-0.39, 0.29) is 18.0 Å². The van der Waals surface area contributed by atoms with E-state index >= 15 is 0 Å². The van der Waals surface area contributed by atoms with Crippen molar-refractivity contribution >= 4 is 12.0 Å². The lowest BCUT2D eigenvalue weighted by Crippen LogP contribution is -2.46. The Kier molecular flexibility index (Phi) is 4.86. The molecule has 0 bridgehead atoms. The molecule has 3 unspecified atom stereocenters. The summed E-state index contributed by atoms with van der Waals surface area (Å²) in [5, 5.41) is 11.9. The largest absolute Gasteiger partial charge is 0.481 e. The van der Waals surface area contributed by atoms with Crippen molar-refractivity contribution in [2.24, 2.45) is 5.92 Å². The number of carboxylic acid groups (broad SMARTS) is 1. The van der Waals surface area contributed by atoms with Gasteiger partial charge in [0.2, 0.25) is 0 Å². The molecule has 1 saturated heterocycles. The average Bonchev–Trinajstić information content (AvgIpc) is 2.99. The van der Waals surface area contributed by atoms with Gasteiger partial charge in [-0.15, -0.1) is 0 Å². The second kappa shape index (κ2) is 6.43. The minimum Gasteiger partial charge on any atom is -0.481 e. The van der Waals surface area contributed by atoms with Crippen molar-refractivity contribution in [3.63, 3.8) is 0 Å². The topological polar surface area (TPSA) is 72.9 Å². The molecule has 0 aromatic carbocycles. The van der Waals surface area contributed by atoms with E-state index < -0.39 is 5.97 Å². The molecule has 6 nitrogen and oxygen atoms in total. The van der Waals surface area contributed by atoms with Crippen LogP contribution in [-0.4, -0.2) is 66.2 Å². The van der Waals surface area contributed by atoms with E-state index in [4.69, 9.17) is 5.11 Å². The molecule has 0 spiro atoms. The van der Waals surface area contributed by atoms with Crippen molar-refractivity contribution in [2.45, 2.75) is 44.2 Å². The number of carbonyl (C=O) groups excluding carboxylic acids is 1. The number of nitrogens with zero attached hydrogens (tertiary/aromatic N) is 2. The van der Waals surface area contributed by atoms with Gasteiger partial charge in [-0.1, -0.05) is 0 Å². The van der Waals surface area contributed by atoms with Gasteiger partial charge in [0.1, 0.15) is 0 Å². The van der Waals surface area contributed by atoms with E-state index in [1.54, 1.807) is 4.90 Å². The Bertz CT molecular complexity index is 375. The van der Waals surface area contributed by atoms with Gasteiger partial charge >= 0.3 is 12.0 Å². The lowest BCUT2D eigenvalue weighted by atomic mass is 10.1. The van der Waals surface area contributed by atoms with E-state index in [9.17, 15) is 9.59 Å². The normalized spacial score (nSPS) is 30.4. The van der Waals surface area contributed by atoms with Gasteiger partial charge in [-0.2, -0.15) is 0 Å². The summed E-state index contributed by atoms with van der Waals surface area (Å²) in [7, 11) is 3.91. The predicted octanol–water partition coefficient (Wildman–Crippen LogP) is 0.975. The van der Waals surface area contributed by atoms with Crippen LogP contribution < -0.4 is 5.32 Å². The fourth-order valence-corrected chi connectivity index (χ4v) is 3.23. The molecule has 1 heterocycles. The maximum absolute atomic E-state index is 12.1. The van der Waals surface area contributed by atoms with Crippen molar-refractivity contribution in [1.29, 1.82) is 0 Å². The number of urea groups is 1. The third-order valence-corrected chi connectivity index (χ3v) is 4.61. The molecule has 1 aliphatic carbocycles. The molecule has 114 valence electrons. The van der Waals surface area contributed by atoms with Crippen molar-refractivity contribution in [1.82, 2.24) is 15.1 Å². The van der Waals surface area contributed by atoms with Crippen LogP contribution in [0, 0.1) is 5.92 Å². The number of likely N-dealkylation sites (N-methyl/N-ethyl adjacent to an activating group) is 2. The molecule has 6 heteroatoms. The van der Waals surface area contributed by atoms with Crippen molar-refractivity contribution in [3.8, 4) is 0 Å². The third-order valence-electron chi connectivity index (χ3n) is 4.61. The first-order valence-electron chi connectivity index (χ1n) is 7.42. The summed E-state index contributed by atoms with van der Waals surface area (Å²) < 4.78 is 0. The van der Waals surface area contributed by atoms with Gasteiger partial charge in [0.05, 0.1) is 5.92 Å². The standard InChI is InChI=1S/C14H25N3O3/c1-16-7-3-4-12(16)9-17(2)14(20)15-11-6-5-10(8-11)13(18)19/h10-12H,3-9H2,1-2H3,(H,15,20)(H,18,19). The molecule has 2 rings (SSSR count).